The molecule has 1 aliphatic heterocycles. The number of anilines is 1. The summed E-state index contributed by atoms with van der Waals surface area (Å²) in [7, 11) is 5.53. The van der Waals surface area contributed by atoms with Gasteiger partial charge in [0.1, 0.15) is 11.5 Å². The van der Waals surface area contributed by atoms with Gasteiger partial charge >= 0.3 is 0 Å². The maximum absolute atomic E-state index is 5.77. The average Bonchev–Trinajstić information content (AvgIpc) is 2.58. The Morgan fingerprint density at radius 3 is 2.74 bits per heavy atom. The van der Waals surface area contributed by atoms with Crippen LogP contribution in [0.25, 0.3) is 0 Å². The first-order chi connectivity index (χ1) is 9.21. The number of nitrogens with two attached hydrogens (primary N) is 1. The number of rotatable bonds is 4. The van der Waals surface area contributed by atoms with Crippen molar-refractivity contribution in [3.8, 4) is 11.5 Å². The van der Waals surface area contributed by atoms with Crippen LogP contribution in [0.1, 0.15) is 30.7 Å². The van der Waals surface area contributed by atoms with Crippen molar-refractivity contribution in [1.29, 1.82) is 0 Å². The minimum absolute atomic E-state index is 0.494. The molecule has 1 atom stereocenters. The van der Waals surface area contributed by atoms with Crippen LogP contribution in [0, 0.1) is 0 Å². The van der Waals surface area contributed by atoms with Crippen LogP contribution in [0.2, 0.25) is 0 Å². The Bertz CT molecular complexity index is 434. The Hall–Kier alpha value is -1.42. The van der Waals surface area contributed by atoms with Gasteiger partial charge in [0.05, 0.1) is 19.9 Å². The summed E-state index contributed by atoms with van der Waals surface area (Å²) < 4.78 is 11.0. The third-order valence-corrected chi connectivity index (χ3v) is 3.92. The van der Waals surface area contributed by atoms with E-state index in [9.17, 15) is 0 Å². The first-order valence-electron chi connectivity index (χ1n) is 6.88. The van der Waals surface area contributed by atoms with Crippen LogP contribution in [0.15, 0.2) is 12.1 Å². The van der Waals surface area contributed by atoms with Gasteiger partial charge in [-0.25, -0.2) is 0 Å². The van der Waals surface area contributed by atoms with Crippen molar-refractivity contribution in [2.75, 3.05) is 39.3 Å². The highest BCUT2D eigenvalue weighted by Gasteiger charge is 2.25. The normalized spacial score (nSPS) is 18.7. The fourth-order valence-corrected chi connectivity index (χ4v) is 2.94. The summed E-state index contributed by atoms with van der Waals surface area (Å²) in [5.74, 6) is 2.24. The van der Waals surface area contributed by atoms with Crippen LogP contribution < -0.4 is 20.1 Å². The van der Waals surface area contributed by atoms with Gasteiger partial charge < -0.3 is 20.1 Å². The van der Waals surface area contributed by atoms with Crippen LogP contribution in [-0.2, 0) is 0 Å². The lowest BCUT2D eigenvalue weighted by atomic mass is 9.90. The molecule has 1 aliphatic rings. The van der Waals surface area contributed by atoms with Crippen molar-refractivity contribution in [2.24, 2.45) is 5.73 Å². The number of ether oxygens (including phenoxy) is 2. The van der Waals surface area contributed by atoms with Gasteiger partial charge in [-0.1, -0.05) is 0 Å². The molecule has 0 spiro atoms. The van der Waals surface area contributed by atoms with Gasteiger partial charge in [0, 0.05) is 19.7 Å². The topological polar surface area (TPSA) is 47.7 Å². The number of nitrogens with zero attached hydrogens (tertiary/aromatic N) is 1. The number of hydrogen-bond acceptors (Lipinski definition) is 4. The third kappa shape index (κ3) is 2.78. The molecule has 19 heavy (non-hydrogen) atoms. The van der Waals surface area contributed by atoms with E-state index in [1.54, 1.807) is 14.2 Å². The molecule has 0 aromatic heterocycles. The monoisotopic (exact) mass is 264 g/mol. The summed E-state index contributed by atoms with van der Waals surface area (Å²) in [6.07, 6.45) is 3.36. The Morgan fingerprint density at radius 1 is 1.32 bits per heavy atom. The van der Waals surface area contributed by atoms with Gasteiger partial charge in [-0.15, -0.1) is 0 Å². The maximum atomic E-state index is 5.77. The molecule has 0 bridgehead atoms. The third-order valence-electron chi connectivity index (χ3n) is 3.92. The van der Waals surface area contributed by atoms with E-state index in [1.807, 2.05) is 6.07 Å². The summed E-state index contributed by atoms with van der Waals surface area (Å²) in [4.78, 5) is 2.28. The van der Waals surface area contributed by atoms with Crippen molar-refractivity contribution >= 4 is 5.69 Å². The van der Waals surface area contributed by atoms with Gasteiger partial charge in [-0.3, -0.25) is 0 Å². The zero-order valence-electron chi connectivity index (χ0n) is 12.1. The molecule has 0 fully saturated rings. The van der Waals surface area contributed by atoms with E-state index in [-0.39, 0.29) is 0 Å². The molecule has 0 aliphatic carbocycles. The lowest BCUT2D eigenvalue weighted by Crippen LogP contribution is -2.18. The quantitative estimate of drug-likeness (QED) is 0.907. The second kappa shape index (κ2) is 6.15. The maximum Gasteiger partial charge on any atom is 0.146 e. The largest absolute Gasteiger partial charge is 0.497 e. The van der Waals surface area contributed by atoms with E-state index >= 15 is 0 Å². The molecule has 2 N–H and O–H groups in total. The van der Waals surface area contributed by atoms with E-state index in [0.29, 0.717) is 12.5 Å². The van der Waals surface area contributed by atoms with Crippen LogP contribution in [0.4, 0.5) is 5.69 Å². The fourth-order valence-electron chi connectivity index (χ4n) is 2.94. The highest BCUT2D eigenvalue weighted by molar-refractivity contribution is 5.67. The molecule has 1 unspecified atom stereocenters. The van der Waals surface area contributed by atoms with Crippen LogP contribution in [0.5, 0.6) is 11.5 Å². The average molecular weight is 264 g/mol. The summed E-state index contributed by atoms with van der Waals surface area (Å²) in [5.41, 5.74) is 8.27. The minimum atomic E-state index is 0.494. The molecule has 0 amide bonds. The SMILES string of the molecule is COc1cc(OC)c2c(c1)C(CCN)CCCN2C. The number of benzene rings is 1. The fraction of sp³-hybridized carbons (Fsp3) is 0.600. The lowest BCUT2D eigenvalue weighted by Gasteiger charge is -2.24. The van der Waals surface area contributed by atoms with Crippen LogP contribution >= 0.6 is 0 Å². The van der Waals surface area contributed by atoms with Gasteiger partial charge in [-0.2, -0.15) is 0 Å². The number of fused-ring (bicyclic) bond motifs is 1. The molecule has 1 aromatic carbocycles. The Balaban J connectivity index is 2.54. The van der Waals surface area contributed by atoms with Crippen LogP contribution in [-0.4, -0.2) is 34.4 Å². The molecule has 1 aromatic rings. The van der Waals surface area contributed by atoms with E-state index in [0.717, 1.165) is 24.5 Å². The number of methoxy groups -OCH3 is 2. The molecule has 0 saturated heterocycles. The molecule has 4 nitrogen and oxygen atoms in total. The zero-order chi connectivity index (χ0) is 13.8. The molecule has 4 heteroatoms. The predicted molar refractivity (Wildman–Crippen MR) is 78.5 cm³/mol. The molecular formula is C15H24N2O2. The number of hydrogen-bond donors (Lipinski definition) is 1. The van der Waals surface area contributed by atoms with E-state index in [2.05, 4.69) is 18.0 Å². The van der Waals surface area contributed by atoms with Crippen molar-refractivity contribution in [2.45, 2.75) is 25.2 Å². The summed E-state index contributed by atoms with van der Waals surface area (Å²) in [6, 6.07) is 4.10. The Labute approximate surface area is 115 Å². The van der Waals surface area contributed by atoms with E-state index < -0.39 is 0 Å². The smallest absolute Gasteiger partial charge is 0.146 e. The summed E-state index contributed by atoms with van der Waals surface area (Å²) in [6.45, 7) is 1.77. The summed E-state index contributed by atoms with van der Waals surface area (Å²) >= 11 is 0. The molecular weight excluding hydrogens is 240 g/mol. The van der Waals surface area contributed by atoms with Crippen molar-refractivity contribution in [3.63, 3.8) is 0 Å². The first kappa shape index (κ1) is 14.0. The zero-order valence-corrected chi connectivity index (χ0v) is 12.1. The van der Waals surface area contributed by atoms with Crippen LogP contribution in [0.3, 0.4) is 0 Å². The highest BCUT2D eigenvalue weighted by atomic mass is 16.5. The molecule has 0 radical (unpaired) electrons. The van der Waals surface area contributed by atoms with E-state index in [1.165, 1.54) is 24.1 Å². The van der Waals surface area contributed by atoms with Crippen molar-refractivity contribution < 1.29 is 9.47 Å². The summed E-state index contributed by atoms with van der Waals surface area (Å²) in [5, 5.41) is 0. The van der Waals surface area contributed by atoms with Gasteiger partial charge in [0.2, 0.25) is 0 Å². The predicted octanol–water partition coefficient (Wildman–Crippen LogP) is 2.37. The molecule has 0 saturated carbocycles. The second-order valence-electron chi connectivity index (χ2n) is 5.11. The lowest BCUT2D eigenvalue weighted by molar-refractivity contribution is 0.393. The van der Waals surface area contributed by atoms with Gasteiger partial charge in [0.15, 0.2) is 0 Å². The second-order valence-corrected chi connectivity index (χ2v) is 5.11. The van der Waals surface area contributed by atoms with Gasteiger partial charge in [-0.05, 0) is 43.4 Å². The highest BCUT2D eigenvalue weighted by Crippen LogP contribution is 2.43. The van der Waals surface area contributed by atoms with Crippen molar-refractivity contribution in [3.05, 3.63) is 17.7 Å². The Kier molecular flexibility index (Phi) is 4.53. The minimum Gasteiger partial charge on any atom is -0.497 e. The first-order valence-corrected chi connectivity index (χ1v) is 6.88. The molecule has 106 valence electrons. The standard InChI is InChI=1S/C15H24N2O2/c1-17-8-4-5-11(6-7-16)13-9-12(18-2)10-14(19-3)15(13)17/h9-11H,4-8,16H2,1-3H3. The van der Waals surface area contributed by atoms with Gasteiger partial charge in [0.25, 0.3) is 0 Å². The molecule has 1 heterocycles. The van der Waals surface area contributed by atoms with E-state index in [4.69, 9.17) is 15.2 Å². The van der Waals surface area contributed by atoms with Crippen molar-refractivity contribution in [1.82, 2.24) is 0 Å². The molecule has 2 rings (SSSR count). The Morgan fingerprint density at radius 2 is 2.11 bits per heavy atom.